The molecule has 0 saturated heterocycles. The number of halogens is 1. The fourth-order valence-corrected chi connectivity index (χ4v) is 2.14. The number of aromatic carboxylic acids is 1. The van der Waals surface area contributed by atoms with E-state index in [1.807, 2.05) is 13.0 Å². The van der Waals surface area contributed by atoms with Crippen molar-refractivity contribution >= 4 is 17.6 Å². The quantitative estimate of drug-likeness (QED) is 0.788. The van der Waals surface area contributed by atoms with Crippen LogP contribution in [0.5, 0.6) is 0 Å². The molecular formula is C16H11ClN2O3. The third-order valence-corrected chi connectivity index (χ3v) is 3.61. The van der Waals surface area contributed by atoms with Crippen LogP contribution >= 0.6 is 11.6 Å². The molecule has 1 heterocycles. The molecule has 0 spiro atoms. The monoisotopic (exact) mass is 314 g/mol. The smallest absolute Gasteiger partial charge is 0.335 e. The van der Waals surface area contributed by atoms with Crippen molar-refractivity contribution in [2.75, 3.05) is 0 Å². The van der Waals surface area contributed by atoms with Crippen LogP contribution in [0, 0.1) is 6.92 Å². The van der Waals surface area contributed by atoms with Crippen molar-refractivity contribution < 1.29 is 14.3 Å². The van der Waals surface area contributed by atoms with E-state index in [4.69, 9.17) is 21.1 Å². The highest BCUT2D eigenvalue weighted by Crippen LogP contribution is 2.27. The van der Waals surface area contributed by atoms with Crippen molar-refractivity contribution in [3.63, 3.8) is 0 Å². The van der Waals surface area contributed by atoms with Gasteiger partial charge in [0.2, 0.25) is 11.8 Å². The minimum atomic E-state index is -1.00. The van der Waals surface area contributed by atoms with Gasteiger partial charge in [-0.3, -0.25) is 0 Å². The maximum atomic E-state index is 11.0. The first-order valence-electron chi connectivity index (χ1n) is 6.48. The van der Waals surface area contributed by atoms with Gasteiger partial charge in [-0.1, -0.05) is 17.7 Å². The van der Waals surface area contributed by atoms with Crippen LogP contribution in [0.3, 0.4) is 0 Å². The van der Waals surface area contributed by atoms with E-state index in [0.717, 1.165) is 11.1 Å². The number of hydrogen-bond donors (Lipinski definition) is 1. The van der Waals surface area contributed by atoms with Gasteiger partial charge in [-0.2, -0.15) is 0 Å². The maximum Gasteiger partial charge on any atom is 0.335 e. The predicted molar refractivity (Wildman–Crippen MR) is 81.9 cm³/mol. The molecule has 0 aliphatic heterocycles. The molecule has 1 aromatic heterocycles. The van der Waals surface area contributed by atoms with Crippen LogP contribution in [-0.4, -0.2) is 21.3 Å². The Labute approximate surface area is 131 Å². The summed E-state index contributed by atoms with van der Waals surface area (Å²) in [5.41, 5.74) is 2.39. The van der Waals surface area contributed by atoms with Crippen LogP contribution in [0.2, 0.25) is 5.02 Å². The molecule has 0 atom stereocenters. The van der Waals surface area contributed by atoms with Crippen LogP contribution in [-0.2, 0) is 0 Å². The Hall–Kier alpha value is -2.66. The molecule has 0 aliphatic carbocycles. The summed E-state index contributed by atoms with van der Waals surface area (Å²) in [5.74, 6) is -0.379. The molecule has 2 aromatic carbocycles. The highest BCUT2D eigenvalue weighted by atomic mass is 35.5. The third-order valence-electron chi connectivity index (χ3n) is 3.19. The average molecular weight is 315 g/mol. The largest absolute Gasteiger partial charge is 0.478 e. The molecule has 0 saturated carbocycles. The minimum absolute atomic E-state index is 0.166. The van der Waals surface area contributed by atoms with Gasteiger partial charge in [0.15, 0.2) is 0 Å². The molecule has 3 aromatic rings. The number of carbonyl (C=O) groups is 1. The molecule has 1 N–H and O–H groups in total. The number of hydrogen-bond acceptors (Lipinski definition) is 4. The number of carboxylic acid groups (broad SMARTS) is 1. The van der Waals surface area contributed by atoms with Crippen molar-refractivity contribution in [2.45, 2.75) is 6.92 Å². The zero-order valence-corrected chi connectivity index (χ0v) is 12.3. The topological polar surface area (TPSA) is 76.2 Å². The summed E-state index contributed by atoms with van der Waals surface area (Å²) in [5, 5.41) is 17.7. The van der Waals surface area contributed by atoms with Crippen LogP contribution in [0.25, 0.3) is 22.9 Å². The first-order valence-corrected chi connectivity index (χ1v) is 6.86. The standard InChI is InChI=1S/C16H11ClN2O3/c1-9-7-11(5-6-13(9)17)15-19-18-14(22-15)10-3-2-4-12(8-10)16(20)21/h2-8H,1H3,(H,20,21). The summed E-state index contributed by atoms with van der Waals surface area (Å²) >= 11 is 5.99. The van der Waals surface area contributed by atoms with Crippen molar-refractivity contribution in [1.82, 2.24) is 10.2 Å². The molecule has 0 bridgehead atoms. The SMILES string of the molecule is Cc1cc(-c2nnc(-c3cccc(C(=O)O)c3)o2)ccc1Cl. The number of rotatable bonds is 3. The second kappa shape index (κ2) is 5.61. The highest BCUT2D eigenvalue weighted by Gasteiger charge is 2.13. The number of carboxylic acids is 1. The first-order chi connectivity index (χ1) is 10.5. The normalized spacial score (nSPS) is 10.6. The van der Waals surface area contributed by atoms with Gasteiger partial charge in [0.1, 0.15) is 0 Å². The van der Waals surface area contributed by atoms with Crippen molar-refractivity contribution in [3.8, 4) is 22.9 Å². The molecular weight excluding hydrogens is 304 g/mol. The predicted octanol–water partition coefficient (Wildman–Crippen LogP) is 4.06. The summed E-state index contributed by atoms with van der Waals surface area (Å²) in [6, 6.07) is 11.8. The van der Waals surface area contributed by atoms with Crippen LogP contribution < -0.4 is 0 Å². The van der Waals surface area contributed by atoms with E-state index < -0.39 is 5.97 Å². The van der Waals surface area contributed by atoms with Gasteiger partial charge < -0.3 is 9.52 Å². The van der Waals surface area contributed by atoms with E-state index in [1.165, 1.54) is 12.1 Å². The lowest BCUT2D eigenvalue weighted by atomic mass is 10.1. The molecule has 0 unspecified atom stereocenters. The lowest BCUT2D eigenvalue weighted by Gasteiger charge is -2.00. The Balaban J connectivity index is 1.98. The van der Waals surface area contributed by atoms with Gasteiger partial charge in [0, 0.05) is 16.1 Å². The Morgan fingerprint density at radius 3 is 2.41 bits per heavy atom. The molecule has 3 rings (SSSR count). The molecule has 22 heavy (non-hydrogen) atoms. The van der Waals surface area contributed by atoms with E-state index >= 15 is 0 Å². The van der Waals surface area contributed by atoms with Crippen LogP contribution in [0.1, 0.15) is 15.9 Å². The third kappa shape index (κ3) is 2.71. The second-order valence-electron chi connectivity index (χ2n) is 4.76. The molecule has 0 aliphatic rings. The van der Waals surface area contributed by atoms with E-state index in [-0.39, 0.29) is 11.5 Å². The lowest BCUT2D eigenvalue weighted by Crippen LogP contribution is -1.95. The maximum absolute atomic E-state index is 11.0. The average Bonchev–Trinajstić information content (AvgIpc) is 3.00. The summed E-state index contributed by atoms with van der Waals surface area (Å²) in [6.45, 7) is 1.89. The Bertz CT molecular complexity index is 858. The van der Waals surface area contributed by atoms with Crippen LogP contribution in [0.15, 0.2) is 46.9 Å². The summed E-state index contributed by atoms with van der Waals surface area (Å²) < 4.78 is 5.63. The Kier molecular flexibility index (Phi) is 3.65. The van der Waals surface area contributed by atoms with Gasteiger partial charge in [-0.25, -0.2) is 4.79 Å². The fraction of sp³-hybridized carbons (Fsp3) is 0.0625. The number of nitrogens with zero attached hydrogens (tertiary/aromatic N) is 2. The van der Waals surface area contributed by atoms with E-state index in [1.54, 1.807) is 24.3 Å². The zero-order valence-electron chi connectivity index (χ0n) is 11.6. The molecule has 6 heteroatoms. The first kappa shape index (κ1) is 14.3. The van der Waals surface area contributed by atoms with Gasteiger partial charge in [-0.15, -0.1) is 10.2 Å². The van der Waals surface area contributed by atoms with Gasteiger partial charge in [0.25, 0.3) is 0 Å². The summed E-state index contributed by atoms with van der Waals surface area (Å²) in [4.78, 5) is 11.0. The van der Waals surface area contributed by atoms with E-state index in [2.05, 4.69) is 10.2 Å². The van der Waals surface area contributed by atoms with Gasteiger partial charge in [-0.05, 0) is 48.9 Å². The van der Waals surface area contributed by atoms with Crippen LogP contribution in [0.4, 0.5) is 0 Å². The molecule has 0 fully saturated rings. The van der Waals surface area contributed by atoms with Crippen molar-refractivity contribution in [1.29, 1.82) is 0 Å². The number of aryl methyl sites for hydroxylation is 1. The second-order valence-corrected chi connectivity index (χ2v) is 5.17. The molecule has 0 amide bonds. The molecule has 110 valence electrons. The summed E-state index contributed by atoms with van der Waals surface area (Å²) in [7, 11) is 0. The molecule has 0 radical (unpaired) electrons. The number of benzene rings is 2. The number of aromatic nitrogens is 2. The fourth-order valence-electron chi connectivity index (χ4n) is 2.02. The Morgan fingerprint density at radius 2 is 1.77 bits per heavy atom. The van der Waals surface area contributed by atoms with E-state index in [9.17, 15) is 4.79 Å². The lowest BCUT2D eigenvalue weighted by molar-refractivity contribution is 0.0697. The van der Waals surface area contributed by atoms with Gasteiger partial charge in [0.05, 0.1) is 5.56 Å². The highest BCUT2D eigenvalue weighted by molar-refractivity contribution is 6.31. The van der Waals surface area contributed by atoms with Gasteiger partial charge >= 0.3 is 5.97 Å². The van der Waals surface area contributed by atoms with Crippen molar-refractivity contribution in [2.24, 2.45) is 0 Å². The summed E-state index contributed by atoms with van der Waals surface area (Å²) in [6.07, 6.45) is 0. The van der Waals surface area contributed by atoms with E-state index in [0.29, 0.717) is 16.5 Å². The molecule has 5 nitrogen and oxygen atoms in total. The Morgan fingerprint density at radius 1 is 1.09 bits per heavy atom. The zero-order chi connectivity index (χ0) is 15.7. The minimum Gasteiger partial charge on any atom is -0.478 e. The van der Waals surface area contributed by atoms with Crippen molar-refractivity contribution in [3.05, 3.63) is 58.6 Å².